The van der Waals surface area contributed by atoms with E-state index in [2.05, 4.69) is 0 Å². The van der Waals surface area contributed by atoms with Crippen LogP contribution < -0.4 is 5.73 Å². The normalized spacial score (nSPS) is 31.3. The van der Waals surface area contributed by atoms with Crippen LogP contribution in [0.2, 0.25) is 0 Å². The fraction of sp³-hybridized carbons (Fsp3) is 0.917. The predicted octanol–water partition coefficient (Wildman–Crippen LogP) is 1.37. The largest absolute Gasteiger partial charge is 0.345 e. The number of nitrogens with zero attached hydrogens (tertiary/aromatic N) is 1. The van der Waals surface area contributed by atoms with Crippen molar-refractivity contribution in [3.63, 3.8) is 0 Å². The lowest BCUT2D eigenvalue weighted by atomic mass is 9.85. The molecule has 15 heavy (non-hydrogen) atoms. The van der Waals surface area contributed by atoms with E-state index in [0.717, 1.165) is 31.7 Å². The van der Waals surface area contributed by atoms with Crippen LogP contribution in [0.25, 0.3) is 0 Å². The van der Waals surface area contributed by atoms with E-state index < -0.39 is 0 Å². The molecule has 2 aliphatic carbocycles. The fourth-order valence-corrected chi connectivity index (χ4v) is 2.71. The number of amides is 1. The summed E-state index contributed by atoms with van der Waals surface area (Å²) in [4.78, 5) is 14.0. The average Bonchev–Trinajstić information content (AvgIpc) is 2.56. The van der Waals surface area contributed by atoms with Gasteiger partial charge in [0.05, 0.1) is 0 Å². The SMILES string of the molecule is CN(CC1CCC1)C(=O)C1CCC(N)C1. The summed E-state index contributed by atoms with van der Waals surface area (Å²) in [5.41, 5.74) is 5.83. The molecule has 86 valence electrons. The summed E-state index contributed by atoms with van der Waals surface area (Å²) in [5.74, 6) is 1.31. The van der Waals surface area contributed by atoms with Gasteiger partial charge in [-0.2, -0.15) is 0 Å². The number of carbonyl (C=O) groups excluding carboxylic acids is 1. The summed E-state index contributed by atoms with van der Waals surface area (Å²) in [5, 5.41) is 0. The van der Waals surface area contributed by atoms with Crippen LogP contribution in [0.3, 0.4) is 0 Å². The molecule has 0 heterocycles. The third-order valence-electron chi connectivity index (χ3n) is 3.96. The molecule has 0 bridgehead atoms. The topological polar surface area (TPSA) is 46.3 Å². The van der Waals surface area contributed by atoms with Crippen molar-refractivity contribution in [2.45, 2.75) is 44.6 Å². The van der Waals surface area contributed by atoms with Gasteiger partial charge in [0.1, 0.15) is 0 Å². The van der Waals surface area contributed by atoms with Crippen LogP contribution in [0.5, 0.6) is 0 Å². The van der Waals surface area contributed by atoms with Gasteiger partial charge in [0.15, 0.2) is 0 Å². The predicted molar refractivity (Wildman–Crippen MR) is 60.3 cm³/mol. The highest BCUT2D eigenvalue weighted by Gasteiger charge is 2.31. The first-order valence-corrected chi connectivity index (χ1v) is 6.17. The van der Waals surface area contributed by atoms with Crippen molar-refractivity contribution in [3.8, 4) is 0 Å². The summed E-state index contributed by atoms with van der Waals surface area (Å²) < 4.78 is 0. The molecule has 0 spiro atoms. The Labute approximate surface area is 92.0 Å². The van der Waals surface area contributed by atoms with E-state index in [1.807, 2.05) is 11.9 Å². The first-order valence-electron chi connectivity index (χ1n) is 6.17. The van der Waals surface area contributed by atoms with Gasteiger partial charge >= 0.3 is 0 Å². The smallest absolute Gasteiger partial charge is 0.225 e. The van der Waals surface area contributed by atoms with Crippen LogP contribution in [0, 0.1) is 11.8 Å². The number of nitrogens with two attached hydrogens (primary N) is 1. The zero-order valence-corrected chi connectivity index (χ0v) is 9.61. The third kappa shape index (κ3) is 2.51. The van der Waals surface area contributed by atoms with E-state index in [0.29, 0.717) is 5.91 Å². The minimum absolute atomic E-state index is 0.213. The standard InChI is InChI=1S/C12H22N2O/c1-14(8-9-3-2-4-9)12(15)10-5-6-11(13)7-10/h9-11H,2-8,13H2,1H3. The van der Waals surface area contributed by atoms with Gasteiger partial charge in [0.2, 0.25) is 5.91 Å². The Kier molecular flexibility index (Phi) is 3.29. The van der Waals surface area contributed by atoms with Gasteiger partial charge < -0.3 is 10.6 Å². The van der Waals surface area contributed by atoms with E-state index in [4.69, 9.17) is 5.73 Å². The van der Waals surface area contributed by atoms with Crippen LogP contribution >= 0.6 is 0 Å². The Morgan fingerprint density at radius 3 is 2.53 bits per heavy atom. The molecule has 2 N–H and O–H groups in total. The van der Waals surface area contributed by atoms with Crippen molar-refractivity contribution < 1.29 is 4.79 Å². The molecule has 2 atom stereocenters. The molecule has 2 fully saturated rings. The fourth-order valence-electron chi connectivity index (χ4n) is 2.71. The highest BCUT2D eigenvalue weighted by molar-refractivity contribution is 5.79. The summed E-state index contributed by atoms with van der Waals surface area (Å²) in [6.45, 7) is 0.963. The van der Waals surface area contributed by atoms with Crippen molar-refractivity contribution in [1.29, 1.82) is 0 Å². The van der Waals surface area contributed by atoms with Crippen molar-refractivity contribution in [2.75, 3.05) is 13.6 Å². The van der Waals surface area contributed by atoms with E-state index in [1.165, 1.54) is 19.3 Å². The van der Waals surface area contributed by atoms with Gasteiger partial charge in [-0.15, -0.1) is 0 Å². The summed E-state index contributed by atoms with van der Waals surface area (Å²) in [7, 11) is 1.95. The zero-order chi connectivity index (χ0) is 10.8. The molecule has 2 unspecified atom stereocenters. The minimum Gasteiger partial charge on any atom is -0.345 e. The number of hydrogen-bond donors (Lipinski definition) is 1. The summed E-state index contributed by atoms with van der Waals surface area (Å²) in [6, 6.07) is 0.260. The van der Waals surface area contributed by atoms with Crippen LogP contribution in [-0.2, 0) is 4.79 Å². The molecule has 3 heteroatoms. The molecule has 0 aromatic carbocycles. The molecule has 0 aromatic heterocycles. The maximum absolute atomic E-state index is 12.0. The van der Waals surface area contributed by atoms with Crippen LogP contribution in [-0.4, -0.2) is 30.4 Å². The van der Waals surface area contributed by atoms with Gasteiger partial charge in [-0.3, -0.25) is 4.79 Å². The molecule has 0 aliphatic heterocycles. The number of rotatable bonds is 3. The first-order chi connectivity index (χ1) is 7.16. The second-order valence-corrected chi connectivity index (χ2v) is 5.29. The van der Waals surface area contributed by atoms with Crippen molar-refractivity contribution >= 4 is 5.91 Å². The van der Waals surface area contributed by atoms with Gasteiger partial charge in [-0.1, -0.05) is 6.42 Å². The van der Waals surface area contributed by atoms with Gasteiger partial charge in [-0.25, -0.2) is 0 Å². The Balaban J connectivity index is 1.78. The second kappa shape index (κ2) is 4.52. The Morgan fingerprint density at radius 1 is 1.33 bits per heavy atom. The molecule has 1 amide bonds. The quantitative estimate of drug-likeness (QED) is 0.764. The Bertz CT molecular complexity index is 238. The van der Waals surface area contributed by atoms with Gasteiger partial charge in [0.25, 0.3) is 0 Å². The van der Waals surface area contributed by atoms with E-state index >= 15 is 0 Å². The second-order valence-electron chi connectivity index (χ2n) is 5.29. The lowest BCUT2D eigenvalue weighted by Crippen LogP contribution is -2.37. The van der Waals surface area contributed by atoms with Gasteiger partial charge in [-0.05, 0) is 38.0 Å². The molecule has 2 saturated carbocycles. The van der Waals surface area contributed by atoms with E-state index in [-0.39, 0.29) is 12.0 Å². The highest BCUT2D eigenvalue weighted by Crippen LogP contribution is 2.29. The number of hydrogen-bond acceptors (Lipinski definition) is 2. The molecule has 0 saturated heterocycles. The molecular formula is C12H22N2O. The maximum atomic E-state index is 12.0. The molecule has 0 radical (unpaired) electrons. The van der Waals surface area contributed by atoms with E-state index in [9.17, 15) is 4.79 Å². The first kappa shape index (κ1) is 10.9. The molecule has 0 aromatic rings. The minimum atomic E-state index is 0.213. The number of carbonyl (C=O) groups is 1. The van der Waals surface area contributed by atoms with Crippen LogP contribution in [0.1, 0.15) is 38.5 Å². The third-order valence-corrected chi connectivity index (χ3v) is 3.96. The van der Waals surface area contributed by atoms with Crippen molar-refractivity contribution in [3.05, 3.63) is 0 Å². The molecular weight excluding hydrogens is 188 g/mol. The monoisotopic (exact) mass is 210 g/mol. The highest BCUT2D eigenvalue weighted by atomic mass is 16.2. The lowest BCUT2D eigenvalue weighted by Gasteiger charge is -2.31. The van der Waals surface area contributed by atoms with Crippen LogP contribution in [0.15, 0.2) is 0 Å². The Morgan fingerprint density at radius 2 is 2.07 bits per heavy atom. The Hall–Kier alpha value is -0.570. The van der Waals surface area contributed by atoms with Gasteiger partial charge in [0, 0.05) is 25.6 Å². The summed E-state index contributed by atoms with van der Waals surface area (Å²) in [6.07, 6.45) is 6.88. The molecule has 2 aliphatic rings. The lowest BCUT2D eigenvalue weighted by molar-refractivity contribution is -0.134. The molecule has 3 nitrogen and oxygen atoms in total. The van der Waals surface area contributed by atoms with Crippen LogP contribution in [0.4, 0.5) is 0 Å². The van der Waals surface area contributed by atoms with Crippen molar-refractivity contribution in [1.82, 2.24) is 4.90 Å². The summed E-state index contributed by atoms with van der Waals surface area (Å²) >= 11 is 0. The maximum Gasteiger partial charge on any atom is 0.225 e. The molecule has 2 rings (SSSR count). The zero-order valence-electron chi connectivity index (χ0n) is 9.61. The average molecular weight is 210 g/mol. The van der Waals surface area contributed by atoms with E-state index in [1.54, 1.807) is 0 Å². The van der Waals surface area contributed by atoms with Crippen molar-refractivity contribution in [2.24, 2.45) is 17.6 Å².